The highest BCUT2D eigenvalue weighted by Crippen LogP contribution is 2.57. The Balaban J connectivity index is 1.85. The largest absolute Gasteiger partial charge is 0.466 e. The maximum absolute atomic E-state index is 12.1. The maximum atomic E-state index is 12.1. The zero-order chi connectivity index (χ0) is 17.6. The van der Waals surface area contributed by atoms with Gasteiger partial charge >= 0.3 is 5.97 Å². The van der Waals surface area contributed by atoms with Crippen molar-refractivity contribution in [3.63, 3.8) is 0 Å². The smallest absolute Gasteiger partial charge is 0.333 e. The Labute approximate surface area is 143 Å². The minimum atomic E-state index is -0.626. The van der Waals surface area contributed by atoms with Gasteiger partial charge in [0.05, 0.1) is 6.26 Å². The molecule has 0 spiro atoms. The quantitative estimate of drug-likeness (QED) is 0.654. The summed E-state index contributed by atoms with van der Waals surface area (Å²) < 4.78 is 11.3. The van der Waals surface area contributed by atoms with Gasteiger partial charge in [-0.25, -0.2) is 4.79 Å². The number of ether oxygens (including phenoxy) is 1. The Bertz CT molecular complexity index is 671. The molecule has 0 bridgehead atoms. The van der Waals surface area contributed by atoms with Crippen LogP contribution in [0.1, 0.15) is 63.5 Å². The second kappa shape index (κ2) is 6.07. The van der Waals surface area contributed by atoms with Crippen molar-refractivity contribution in [1.82, 2.24) is 0 Å². The van der Waals surface area contributed by atoms with Crippen LogP contribution in [0.3, 0.4) is 0 Å². The summed E-state index contributed by atoms with van der Waals surface area (Å²) in [5.41, 5.74) is 2.91. The first-order chi connectivity index (χ1) is 11.3. The van der Waals surface area contributed by atoms with Gasteiger partial charge in [0.25, 0.3) is 0 Å². The number of fused-ring (bicyclic) bond motifs is 2. The summed E-state index contributed by atoms with van der Waals surface area (Å²) in [5, 5.41) is 10.9. The first-order valence-corrected chi connectivity index (χ1v) is 8.86. The molecular weight excluding hydrogens is 304 g/mol. The number of aryl methyl sites for hydroxylation is 1. The third-order valence-electron chi connectivity index (χ3n) is 6.48. The summed E-state index contributed by atoms with van der Waals surface area (Å²) in [4.78, 5) is 12.1. The second-order valence-electron chi connectivity index (χ2n) is 7.87. The molecule has 5 atom stereocenters. The Morgan fingerprint density at radius 2 is 2.17 bits per heavy atom. The standard InChI is InChI=1S/C20H28O4/c1-6-11(2)19(22)24-14-7-13(4)20(5)9-15-12(3)10-23-18(15)17(21)16(20)8-14/h6,10,13-14,16-17,21H,7-9H2,1-5H3/b11-6-/t13-,14-,16+,17-,20+/m0/s1. The van der Waals surface area contributed by atoms with Crippen LogP contribution >= 0.6 is 0 Å². The summed E-state index contributed by atoms with van der Waals surface area (Å²) in [6, 6.07) is 0. The number of hydrogen-bond donors (Lipinski definition) is 1. The van der Waals surface area contributed by atoms with E-state index in [1.54, 1.807) is 19.3 Å². The highest BCUT2D eigenvalue weighted by Gasteiger charge is 2.53. The van der Waals surface area contributed by atoms with Crippen LogP contribution in [0.2, 0.25) is 0 Å². The molecular formula is C20H28O4. The lowest BCUT2D eigenvalue weighted by atomic mass is 9.54. The predicted octanol–water partition coefficient (Wildman–Crippen LogP) is 4.11. The molecule has 0 saturated heterocycles. The van der Waals surface area contributed by atoms with E-state index in [9.17, 15) is 9.90 Å². The Hall–Kier alpha value is -1.55. The summed E-state index contributed by atoms with van der Waals surface area (Å²) in [7, 11) is 0. The van der Waals surface area contributed by atoms with E-state index in [0.29, 0.717) is 23.7 Å². The number of carbonyl (C=O) groups excluding carboxylic acids is 1. The normalized spacial score (nSPS) is 36.0. The van der Waals surface area contributed by atoms with E-state index < -0.39 is 6.10 Å². The lowest BCUT2D eigenvalue weighted by molar-refractivity contribution is -0.156. The topological polar surface area (TPSA) is 59.7 Å². The molecule has 1 aromatic heterocycles. The van der Waals surface area contributed by atoms with E-state index in [1.807, 2.05) is 13.8 Å². The van der Waals surface area contributed by atoms with Crippen LogP contribution in [0, 0.1) is 24.2 Å². The van der Waals surface area contributed by atoms with Crippen molar-refractivity contribution in [3.05, 3.63) is 34.8 Å². The van der Waals surface area contributed by atoms with Crippen molar-refractivity contribution < 1.29 is 19.1 Å². The van der Waals surface area contributed by atoms with Crippen LogP contribution in [0.4, 0.5) is 0 Å². The van der Waals surface area contributed by atoms with Crippen molar-refractivity contribution in [2.24, 2.45) is 17.3 Å². The summed E-state index contributed by atoms with van der Waals surface area (Å²) in [5.74, 6) is 0.858. The number of furan rings is 1. The van der Waals surface area contributed by atoms with E-state index in [-0.39, 0.29) is 23.4 Å². The van der Waals surface area contributed by atoms with Crippen molar-refractivity contribution in [2.75, 3.05) is 0 Å². The fourth-order valence-electron chi connectivity index (χ4n) is 4.46. The lowest BCUT2D eigenvalue weighted by Crippen LogP contribution is -2.49. The highest BCUT2D eigenvalue weighted by molar-refractivity contribution is 5.87. The van der Waals surface area contributed by atoms with Crippen LogP contribution < -0.4 is 0 Å². The lowest BCUT2D eigenvalue weighted by Gasteiger charge is -2.52. The van der Waals surface area contributed by atoms with Crippen LogP contribution in [0.25, 0.3) is 0 Å². The molecule has 0 amide bonds. The predicted molar refractivity (Wildman–Crippen MR) is 91.4 cm³/mol. The number of carbonyl (C=O) groups is 1. The SMILES string of the molecule is C/C=C(/C)C(=O)O[C@@H]1C[C@@H]2[C@H](O)c3occ(C)c3C[C@]2(C)[C@@H](C)C1. The molecule has 1 N–H and O–H groups in total. The van der Waals surface area contributed by atoms with Gasteiger partial charge < -0.3 is 14.3 Å². The van der Waals surface area contributed by atoms with E-state index >= 15 is 0 Å². The number of allylic oxidation sites excluding steroid dienone is 1. The van der Waals surface area contributed by atoms with Crippen molar-refractivity contribution in [1.29, 1.82) is 0 Å². The number of rotatable bonds is 2. The number of hydrogen-bond acceptors (Lipinski definition) is 4. The molecule has 0 aromatic carbocycles. The zero-order valence-corrected chi connectivity index (χ0v) is 15.3. The molecule has 1 fully saturated rings. The minimum Gasteiger partial charge on any atom is -0.466 e. The van der Waals surface area contributed by atoms with E-state index in [0.717, 1.165) is 24.0 Å². The molecule has 2 aliphatic carbocycles. The average Bonchev–Trinajstić information content (AvgIpc) is 2.90. The maximum Gasteiger partial charge on any atom is 0.333 e. The van der Waals surface area contributed by atoms with Crippen LogP contribution in [-0.2, 0) is 16.0 Å². The van der Waals surface area contributed by atoms with Gasteiger partial charge in [0.15, 0.2) is 0 Å². The van der Waals surface area contributed by atoms with E-state index in [2.05, 4.69) is 13.8 Å². The molecule has 3 rings (SSSR count). The van der Waals surface area contributed by atoms with Gasteiger partial charge in [0.1, 0.15) is 18.0 Å². The molecule has 4 nitrogen and oxygen atoms in total. The molecule has 1 aromatic rings. The second-order valence-corrected chi connectivity index (χ2v) is 7.87. The van der Waals surface area contributed by atoms with Gasteiger partial charge in [0.2, 0.25) is 0 Å². The van der Waals surface area contributed by atoms with Gasteiger partial charge in [-0.1, -0.05) is 19.9 Å². The molecule has 0 aliphatic heterocycles. The van der Waals surface area contributed by atoms with Crippen molar-refractivity contribution >= 4 is 5.97 Å². The molecule has 0 radical (unpaired) electrons. The summed E-state index contributed by atoms with van der Waals surface area (Å²) in [6.45, 7) is 10.1. The number of aliphatic hydroxyl groups excluding tert-OH is 1. The Kier molecular flexibility index (Phi) is 4.37. The summed E-state index contributed by atoms with van der Waals surface area (Å²) in [6.07, 6.45) is 5.19. The zero-order valence-electron chi connectivity index (χ0n) is 15.3. The fraction of sp³-hybridized carbons (Fsp3) is 0.650. The minimum absolute atomic E-state index is 0.000399. The average molecular weight is 332 g/mol. The monoisotopic (exact) mass is 332 g/mol. The van der Waals surface area contributed by atoms with Gasteiger partial charge in [-0.2, -0.15) is 0 Å². The van der Waals surface area contributed by atoms with Gasteiger partial charge in [0, 0.05) is 11.5 Å². The molecule has 1 saturated carbocycles. The fourth-order valence-corrected chi connectivity index (χ4v) is 4.46. The Morgan fingerprint density at radius 1 is 1.46 bits per heavy atom. The Morgan fingerprint density at radius 3 is 2.83 bits per heavy atom. The molecule has 1 heterocycles. The third kappa shape index (κ3) is 2.61. The van der Waals surface area contributed by atoms with Gasteiger partial charge in [-0.3, -0.25) is 0 Å². The highest BCUT2D eigenvalue weighted by atomic mass is 16.5. The van der Waals surface area contributed by atoms with Crippen LogP contribution in [0.15, 0.2) is 22.3 Å². The number of esters is 1. The summed E-state index contributed by atoms with van der Waals surface area (Å²) >= 11 is 0. The van der Waals surface area contributed by atoms with Crippen LogP contribution in [-0.4, -0.2) is 17.2 Å². The third-order valence-corrected chi connectivity index (χ3v) is 6.48. The van der Waals surface area contributed by atoms with E-state index in [1.165, 1.54) is 0 Å². The van der Waals surface area contributed by atoms with Gasteiger partial charge in [-0.05, 0) is 62.5 Å². The molecule has 4 heteroatoms. The van der Waals surface area contributed by atoms with E-state index in [4.69, 9.17) is 9.15 Å². The van der Waals surface area contributed by atoms with Gasteiger partial charge in [-0.15, -0.1) is 0 Å². The van der Waals surface area contributed by atoms with Crippen molar-refractivity contribution in [3.8, 4) is 0 Å². The molecule has 0 unspecified atom stereocenters. The first-order valence-electron chi connectivity index (χ1n) is 8.86. The van der Waals surface area contributed by atoms with Crippen LogP contribution in [0.5, 0.6) is 0 Å². The first kappa shape index (κ1) is 17.3. The van der Waals surface area contributed by atoms with Crippen molar-refractivity contribution in [2.45, 2.75) is 66.1 Å². The molecule has 132 valence electrons. The molecule has 2 aliphatic rings. The number of aliphatic hydroxyl groups is 1. The molecule has 24 heavy (non-hydrogen) atoms.